The van der Waals surface area contributed by atoms with Crippen LogP contribution in [0.5, 0.6) is 0 Å². The Morgan fingerprint density at radius 2 is 1.76 bits per heavy atom. The summed E-state index contributed by atoms with van der Waals surface area (Å²) in [6, 6.07) is 15.7. The number of aromatic nitrogens is 2. The minimum absolute atomic E-state index is 0.0317. The molecule has 148 valence electrons. The maximum atomic E-state index is 11.1. The molecule has 2 aromatic carbocycles. The van der Waals surface area contributed by atoms with Crippen LogP contribution in [0, 0.1) is 17.0 Å². The lowest BCUT2D eigenvalue weighted by Gasteiger charge is -2.09. The number of carbonyl (C=O) groups is 1. The Bertz CT molecular complexity index is 1020. The molecule has 8 nitrogen and oxygen atoms in total. The standard InChI is InChI=1S/C21H21N5O3/c1-14-13-20(22-12-11-16-3-7-18(8-4-16)24-15(2)27)25-21(23-14)17-5-9-19(10-6-17)26(28)29/h3-10,13H,11-12H2,1-2H3,(H,24,27)(H,22,23,25). The fourth-order valence-corrected chi connectivity index (χ4v) is 2.81. The highest BCUT2D eigenvalue weighted by molar-refractivity contribution is 5.88. The molecule has 2 N–H and O–H groups in total. The summed E-state index contributed by atoms with van der Waals surface area (Å²) in [4.78, 5) is 30.4. The first-order valence-corrected chi connectivity index (χ1v) is 9.11. The molecule has 0 radical (unpaired) electrons. The number of nitrogens with one attached hydrogen (secondary N) is 2. The predicted molar refractivity (Wildman–Crippen MR) is 112 cm³/mol. The van der Waals surface area contributed by atoms with Gasteiger partial charge in [-0.2, -0.15) is 0 Å². The highest BCUT2D eigenvalue weighted by atomic mass is 16.6. The number of aryl methyl sites for hydroxylation is 1. The Morgan fingerprint density at radius 3 is 2.38 bits per heavy atom. The van der Waals surface area contributed by atoms with E-state index in [0.29, 0.717) is 18.2 Å². The van der Waals surface area contributed by atoms with Crippen LogP contribution >= 0.6 is 0 Å². The molecule has 29 heavy (non-hydrogen) atoms. The predicted octanol–water partition coefficient (Wildman–Crippen LogP) is 3.97. The number of hydrogen-bond acceptors (Lipinski definition) is 6. The van der Waals surface area contributed by atoms with Gasteiger partial charge in [-0.05, 0) is 43.2 Å². The van der Waals surface area contributed by atoms with Crippen molar-refractivity contribution in [2.45, 2.75) is 20.3 Å². The minimum Gasteiger partial charge on any atom is -0.370 e. The summed E-state index contributed by atoms with van der Waals surface area (Å²) in [6.45, 7) is 4.03. The molecule has 1 amide bonds. The zero-order chi connectivity index (χ0) is 20.8. The van der Waals surface area contributed by atoms with E-state index in [1.165, 1.54) is 19.1 Å². The fraction of sp³-hybridized carbons (Fsp3) is 0.190. The quantitative estimate of drug-likeness (QED) is 0.466. The van der Waals surface area contributed by atoms with Crippen molar-refractivity contribution in [3.63, 3.8) is 0 Å². The zero-order valence-corrected chi connectivity index (χ0v) is 16.2. The summed E-state index contributed by atoms with van der Waals surface area (Å²) in [5.41, 5.74) is 3.46. The van der Waals surface area contributed by atoms with Gasteiger partial charge in [-0.1, -0.05) is 12.1 Å². The van der Waals surface area contributed by atoms with Gasteiger partial charge in [0, 0.05) is 48.6 Å². The molecule has 0 spiro atoms. The lowest BCUT2D eigenvalue weighted by atomic mass is 10.1. The number of rotatable bonds is 7. The molecule has 3 aromatic rings. The lowest BCUT2D eigenvalue weighted by molar-refractivity contribution is -0.384. The van der Waals surface area contributed by atoms with E-state index in [4.69, 9.17) is 0 Å². The molecule has 0 atom stereocenters. The number of non-ortho nitro benzene ring substituents is 1. The van der Waals surface area contributed by atoms with Gasteiger partial charge in [-0.15, -0.1) is 0 Å². The van der Waals surface area contributed by atoms with Crippen LogP contribution in [0.25, 0.3) is 11.4 Å². The van der Waals surface area contributed by atoms with Crippen molar-refractivity contribution in [1.82, 2.24) is 9.97 Å². The molecule has 8 heteroatoms. The van der Waals surface area contributed by atoms with Gasteiger partial charge in [0.2, 0.25) is 5.91 Å². The monoisotopic (exact) mass is 391 g/mol. The second kappa shape index (κ2) is 8.92. The summed E-state index contributed by atoms with van der Waals surface area (Å²) in [7, 11) is 0. The molecular weight excluding hydrogens is 370 g/mol. The number of anilines is 2. The highest BCUT2D eigenvalue weighted by Gasteiger charge is 2.09. The number of carbonyl (C=O) groups excluding carboxylic acids is 1. The van der Waals surface area contributed by atoms with E-state index in [1.54, 1.807) is 12.1 Å². The van der Waals surface area contributed by atoms with Crippen molar-refractivity contribution in [3.05, 3.63) is 76.0 Å². The second-order valence-corrected chi connectivity index (χ2v) is 6.58. The van der Waals surface area contributed by atoms with Crippen molar-refractivity contribution in [3.8, 4) is 11.4 Å². The highest BCUT2D eigenvalue weighted by Crippen LogP contribution is 2.21. The van der Waals surface area contributed by atoms with Crippen LogP contribution in [-0.4, -0.2) is 27.3 Å². The van der Waals surface area contributed by atoms with Crippen LogP contribution in [0.4, 0.5) is 17.2 Å². The Balaban J connectivity index is 1.64. The molecule has 1 heterocycles. The number of nitro benzene ring substituents is 1. The summed E-state index contributed by atoms with van der Waals surface area (Å²) in [5, 5.41) is 16.8. The second-order valence-electron chi connectivity index (χ2n) is 6.58. The van der Waals surface area contributed by atoms with Crippen LogP contribution in [0.1, 0.15) is 18.2 Å². The SMILES string of the molecule is CC(=O)Nc1ccc(CCNc2cc(C)nc(-c3ccc([N+](=O)[O-])cc3)n2)cc1. The first-order chi connectivity index (χ1) is 13.9. The lowest BCUT2D eigenvalue weighted by Crippen LogP contribution is -2.08. The van der Waals surface area contributed by atoms with E-state index in [2.05, 4.69) is 20.6 Å². The third-order valence-corrected chi connectivity index (χ3v) is 4.18. The summed E-state index contributed by atoms with van der Waals surface area (Å²) in [5.74, 6) is 1.12. The zero-order valence-electron chi connectivity index (χ0n) is 16.2. The van der Waals surface area contributed by atoms with E-state index < -0.39 is 4.92 Å². The fourth-order valence-electron chi connectivity index (χ4n) is 2.81. The number of benzene rings is 2. The van der Waals surface area contributed by atoms with Gasteiger partial charge >= 0.3 is 0 Å². The molecule has 0 aliphatic heterocycles. The number of nitro groups is 1. The van der Waals surface area contributed by atoms with Gasteiger partial charge in [0.1, 0.15) is 5.82 Å². The molecule has 0 aliphatic rings. The van der Waals surface area contributed by atoms with Crippen molar-refractivity contribution in [2.75, 3.05) is 17.2 Å². The molecule has 0 unspecified atom stereocenters. The molecule has 3 rings (SSSR count). The average molecular weight is 391 g/mol. The molecular formula is C21H21N5O3. The summed E-state index contributed by atoms with van der Waals surface area (Å²) < 4.78 is 0. The smallest absolute Gasteiger partial charge is 0.269 e. The molecule has 0 saturated carbocycles. The molecule has 0 aliphatic carbocycles. The van der Waals surface area contributed by atoms with E-state index in [9.17, 15) is 14.9 Å². The van der Waals surface area contributed by atoms with Gasteiger partial charge < -0.3 is 10.6 Å². The van der Waals surface area contributed by atoms with Crippen LogP contribution < -0.4 is 10.6 Å². The van der Waals surface area contributed by atoms with E-state index in [1.807, 2.05) is 37.3 Å². The Kier molecular flexibility index (Phi) is 6.13. The topological polar surface area (TPSA) is 110 Å². The third kappa shape index (κ3) is 5.58. The van der Waals surface area contributed by atoms with Gasteiger partial charge in [0.25, 0.3) is 5.69 Å². The number of hydrogen-bond donors (Lipinski definition) is 2. The minimum atomic E-state index is -0.434. The Hall–Kier alpha value is -3.81. The first-order valence-electron chi connectivity index (χ1n) is 9.11. The van der Waals surface area contributed by atoms with Gasteiger partial charge in [-0.25, -0.2) is 9.97 Å². The average Bonchev–Trinajstić information content (AvgIpc) is 2.68. The number of nitrogens with zero attached hydrogens (tertiary/aromatic N) is 3. The summed E-state index contributed by atoms with van der Waals surface area (Å²) in [6.07, 6.45) is 0.788. The number of amides is 1. The van der Waals surface area contributed by atoms with Crippen molar-refractivity contribution in [2.24, 2.45) is 0 Å². The largest absolute Gasteiger partial charge is 0.370 e. The maximum Gasteiger partial charge on any atom is 0.269 e. The van der Waals surface area contributed by atoms with Crippen molar-refractivity contribution < 1.29 is 9.72 Å². The van der Waals surface area contributed by atoms with Crippen LogP contribution in [0.3, 0.4) is 0 Å². The molecule has 1 aromatic heterocycles. The van der Waals surface area contributed by atoms with E-state index in [0.717, 1.165) is 28.9 Å². The van der Waals surface area contributed by atoms with Crippen LogP contribution in [-0.2, 0) is 11.2 Å². The molecule has 0 saturated heterocycles. The van der Waals surface area contributed by atoms with Crippen LogP contribution in [0.15, 0.2) is 54.6 Å². The van der Waals surface area contributed by atoms with Gasteiger partial charge in [0.15, 0.2) is 5.82 Å². The van der Waals surface area contributed by atoms with Gasteiger partial charge in [0.05, 0.1) is 4.92 Å². The summed E-state index contributed by atoms with van der Waals surface area (Å²) >= 11 is 0. The van der Waals surface area contributed by atoms with Crippen molar-refractivity contribution >= 4 is 23.1 Å². The molecule has 0 fully saturated rings. The Morgan fingerprint density at radius 1 is 1.07 bits per heavy atom. The van der Waals surface area contributed by atoms with Crippen LogP contribution in [0.2, 0.25) is 0 Å². The van der Waals surface area contributed by atoms with E-state index in [-0.39, 0.29) is 11.6 Å². The normalized spacial score (nSPS) is 10.4. The van der Waals surface area contributed by atoms with Crippen molar-refractivity contribution in [1.29, 1.82) is 0 Å². The van der Waals surface area contributed by atoms with E-state index >= 15 is 0 Å². The molecule has 0 bridgehead atoms. The third-order valence-electron chi connectivity index (χ3n) is 4.18. The Labute approximate surface area is 168 Å². The first kappa shape index (κ1) is 19.9. The van der Waals surface area contributed by atoms with Gasteiger partial charge in [-0.3, -0.25) is 14.9 Å². The maximum absolute atomic E-state index is 11.1.